The highest BCUT2D eigenvalue weighted by molar-refractivity contribution is 5.80. The molecule has 202 valence electrons. The quantitative estimate of drug-likeness (QED) is 0.228. The Morgan fingerprint density at radius 2 is 2.05 bits per heavy atom. The molecule has 3 aromatic heterocycles. The van der Waals surface area contributed by atoms with Crippen LogP contribution in [0.2, 0.25) is 0 Å². The molecule has 0 bridgehead atoms. The Balaban J connectivity index is 1.63. The van der Waals surface area contributed by atoms with Gasteiger partial charge in [-0.3, -0.25) is 19.1 Å². The van der Waals surface area contributed by atoms with Crippen molar-refractivity contribution in [3.05, 3.63) is 56.6 Å². The van der Waals surface area contributed by atoms with Crippen LogP contribution in [-0.2, 0) is 29.7 Å². The first-order chi connectivity index (χ1) is 18.8. The van der Waals surface area contributed by atoms with Gasteiger partial charge in [0.2, 0.25) is 11.2 Å². The molecule has 1 aliphatic rings. The molecule has 0 aliphatic carbocycles. The molecule has 0 unspecified atom stereocenters. The maximum absolute atomic E-state index is 13.9. The third kappa shape index (κ3) is 4.78. The summed E-state index contributed by atoms with van der Waals surface area (Å²) in [5.74, 6) is 6.46. The Morgan fingerprint density at radius 3 is 2.82 bits per heavy atom. The Labute approximate surface area is 225 Å². The average molecular weight is 531 g/mol. The maximum Gasteiger partial charge on any atom is 0.360 e. The van der Waals surface area contributed by atoms with Crippen LogP contribution >= 0.6 is 0 Å². The zero-order valence-electron chi connectivity index (χ0n) is 22.7. The Hall–Kier alpha value is -4.46. The van der Waals surface area contributed by atoms with Gasteiger partial charge in [-0.25, -0.2) is 28.9 Å². The number of ether oxygens (including phenoxy) is 1. The summed E-state index contributed by atoms with van der Waals surface area (Å²) in [5.41, 5.74) is 1.31. The molecule has 5 rings (SSSR count). The van der Waals surface area contributed by atoms with Gasteiger partial charge < -0.3 is 4.74 Å². The number of nitrogens with zero attached hydrogens (tertiary/aromatic N) is 6. The second-order valence-corrected chi connectivity index (χ2v) is 9.67. The van der Waals surface area contributed by atoms with Crippen LogP contribution in [0.4, 0.5) is 5.95 Å². The molecule has 1 N–H and O–H groups in total. The number of fused-ring (bicyclic) bond motifs is 2. The van der Waals surface area contributed by atoms with Crippen LogP contribution in [0.5, 0.6) is 0 Å². The average Bonchev–Trinajstić information content (AvgIpc) is 3.33. The number of aromatic amines is 1. The molecule has 1 aliphatic heterocycles. The van der Waals surface area contributed by atoms with E-state index in [0.717, 1.165) is 34.0 Å². The van der Waals surface area contributed by atoms with Crippen molar-refractivity contribution < 1.29 is 14.1 Å². The Kier molecular flexibility index (Phi) is 7.19. The molecule has 4 aromatic rings. The smallest absolute Gasteiger partial charge is 0.360 e. The summed E-state index contributed by atoms with van der Waals surface area (Å²) in [7, 11) is 1.63. The minimum atomic E-state index is -0.480. The van der Waals surface area contributed by atoms with E-state index in [1.54, 1.807) is 25.5 Å². The minimum Gasteiger partial charge on any atom is -0.466 e. The zero-order chi connectivity index (χ0) is 27.7. The molecular weight excluding hydrogens is 498 g/mol. The Morgan fingerprint density at radius 1 is 1.26 bits per heavy atom. The molecule has 4 heterocycles. The number of carbonyl (C=O) groups is 1. The number of rotatable bonds is 6. The normalized spacial score (nSPS) is 15.4. The first-order valence-corrected chi connectivity index (χ1v) is 13.1. The molecule has 1 fully saturated rings. The van der Waals surface area contributed by atoms with E-state index in [-0.39, 0.29) is 25.0 Å². The fourth-order valence-corrected chi connectivity index (χ4v) is 5.25. The van der Waals surface area contributed by atoms with Gasteiger partial charge in [0, 0.05) is 18.1 Å². The molecule has 0 spiro atoms. The van der Waals surface area contributed by atoms with Crippen molar-refractivity contribution in [2.24, 2.45) is 13.0 Å². The standard InChI is InChI=1S/C28H31N7O4/c1-5-7-15-34-23-24(31-27(34)33-14-10-11-19(16-33)26(37)39-6-2)32(4)28(38)35(25(23)36)17-22-29-18(3)20-12-8-9-13-21(20)30-22/h8-9,12-13,19H,6,10-11,14-17H2,1-4H3/p+1/t19-/m1/s1. The third-order valence-corrected chi connectivity index (χ3v) is 7.18. The number of H-pyrrole nitrogens is 1. The van der Waals surface area contributed by atoms with Crippen molar-refractivity contribution in [1.82, 2.24) is 24.1 Å². The van der Waals surface area contributed by atoms with Crippen LogP contribution in [0, 0.1) is 24.7 Å². The van der Waals surface area contributed by atoms with Crippen molar-refractivity contribution >= 4 is 34.0 Å². The van der Waals surface area contributed by atoms with Crippen LogP contribution in [0.1, 0.15) is 38.2 Å². The maximum atomic E-state index is 13.9. The number of aryl methyl sites for hydroxylation is 2. The Bertz CT molecular complexity index is 1760. The highest BCUT2D eigenvalue weighted by Crippen LogP contribution is 2.22. The molecule has 0 amide bonds. The number of esters is 1. The molecule has 11 nitrogen and oxygen atoms in total. The van der Waals surface area contributed by atoms with E-state index >= 15 is 0 Å². The van der Waals surface area contributed by atoms with Gasteiger partial charge in [0.25, 0.3) is 5.56 Å². The van der Waals surface area contributed by atoms with Gasteiger partial charge in [-0.15, -0.1) is 5.92 Å². The molecule has 0 saturated carbocycles. The molecule has 1 saturated heterocycles. The predicted octanol–water partition coefficient (Wildman–Crippen LogP) is 1.42. The van der Waals surface area contributed by atoms with Gasteiger partial charge in [-0.05, 0) is 39.7 Å². The molecule has 1 atom stereocenters. The number of piperidine rings is 1. The molecular formula is C28H32N7O4+. The third-order valence-electron chi connectivity index (χ3n) is 7.18. The minimum absolute atomic E-state index is 0.0677. The lowest BCUT2D eigenvalue weighted by Crippen LogP contribution is -2.49. The van der Waals surface area contributed by atoms with Gasteiger partial charge in [0.15, 0.2) is 0 Å². The van der Waals surface area contributed by atoms with E-state index in [2.05, 4.69) is 26.8 Å². The summed E-state index contributed by atoms with van der Waals surface area (Å²) in [6.45, 7) is 7.05. The number of aromatic nitrogens is 6. The van der Waals surface area contributed by atoms with Crippen LogP contribution in [0.15, 0.2) is 33.9 Å². The molecule has 39 heavy (non-hydrogen) atoms. The van der Waals surface area contributed by atoms with E-state index in [9.17, 15) is 14.4 Å². The van der Waals surface area contributed by atoms with Crippen molar-refractivity contribution in [3.63, 3.8) is 0 Å². The van der Waals surface area contributed by atoms with Crippen LogP contribution in [-0.4, -0.2) is 49.8 Å². The lowest BCUT2D eigenvalue weighted by Gasteiger charge is -2.27. The predicted molar refractivity (Wildman–Crippen MR) is 146 cm³/mol. The first kappa shape index (κ1) is 26.2. The molecule has 0 radical (unpaired) electrons. The lowest BCUT2D eigenvalue weighted by molar-refractivity contribution is -0.646. The van der Waals surface area contributed by atoms with E-state index in [1.165, 1.54) is 4.57 Å². The van der Waals surface area contributed by atoms with E-state index < -0.39 is 11.2 Å². The summed E-state index contributed by atoms with van der Waals surface area (Å²) in [4.78, 5) is 54.3. The highest BCUT2D eigenvalue weighted by atomic mass is 16.5. The van der Waals surface area contributed by atoms with Gasteiger partial charge in [-0.1, -0.05) is 24.1 Å². The number of hydrogen-bond donors (Lipinski definition) is 1. The number of imidazole rings is 1. The van der Waals surface area contributed by atoms with E-state index in [0.29, 0.717) is 42.6 Å². The van der Waals surface area contributed by atoms with Crippen molar-refractivity contribution in [2.45, 2.75) is 46.7 Å². The molecule has 11 heteroatoms. The van der Waals surface area contributed by atoms with Crippen LogP contribution < -0.4 is 20.7 Å². The van der Waals surface area contributed by atoms with Gasteiger partial charge in [0.05, 0.1) is 37.7 Å². The van der Waals surface area contributed by atoms with Crippen LogP contribution in [0.25, 0.3) is 22.1 Å². The fourth-order valence-electron chi connectivity index (χ4n) is 5.25. The van der Waals surface area contributed by atoms with E-state index in [4.69, 9.17) is 4.74 Å². The topological polar surface area (TPSA) is 119 Å². The number of carbonyl (C=O) groups excluding carboxylic acids is 1. The lowest BCUT2D eigenvalue weighted by atomic mass is 9.98. The second kappa shape index (κ2) is 10.7. The zero-order valence-corrected chi connectivity index (χ0v) is 22.7. The largest absolute Gasteiger partial charge is 0.466 e. The van der Waals surface area contributed by atoms with Crippen LogP contribution in [0.3, 0.4) is 0 Å². The number of hydrogen-bond acceptors (Lipinski definition) is 7. The first-order valence-electron chi connectivity index (χ1n) is 13.1. The SMILES string of the molecule is CC#CC[n+]1c(N2CCC[C@@H](C(=O)OCC)C2)[nH]c2c1c(=O)n(Cc1nc(C)c3ccccc3n1)c(=O)n2C. The van der Waals surface area contributed by atoms with Crippen molar-refractivity contribution in [1.29, 1.82) is 0 Å². The summed E-state index contributed by atoms with van der Waals surface area (Å²) < 4.78 is 9.65. The van der Waals surface area contributed by atoms with Crippen molar-refractivity contribution in [3.8, 4) is 11.8 Å². The van der Waals surface area contributed by atoms with Gasteiger partial charge in [-0.2, -0.15) is 0 Å². The summed E-state index contributed by atoms with van der Waals surface area (Å²) in [5, 5.41) is 0.922. The highest BCUT2D eigenvalue weighted by Gasteiger charge is 2.35. The van der Waals surface area contributed by atoms with E-state index in [1.807, 2.05) is 36.1 Å². The van der Waals surface area contributed by atoms with Gasteiger partial charge in [0.1, 0.15) is 12.4 Å². The fraction of sp³-hybridized carbons (Fsp3) is 0.429. The number of nitrogens with one attached hydrogen (secondary N) is 1. The summed E-state index contributed by atoms with van der Waals surface area (Å²) in [6, 6.07) is 7.64. The second-order valence-electron chi connectivity index (χ2n) is 9.67. The number of benzene rings is 1. The van der Waals surface area contributed by atoms with Crippen molar-refractivity contribution in [2.75, 3.05) is 24.6 Å². The summed E-state index contributed by atoms with van der Waals surface area (Å²) in [6.07, 6.45) is 1.53. The molecule has 1 aromatic carbocycles. The number of para-hydroxylation sites is 1. The monoisotopic (exact) mass is 530 g/mol. The summed E-state index contributed by atoms with van der Waals surface area (Å²) >= 11 is 0. The van der Waals surface area contributed by atoms with Gasteiger partial charge >= 0.3 is 17.6 Å². The number of anilines is 1.